The van der Waals surface area contributed by atoms with Gasteiger partial charge in [-0.05, 0) is 49.2 Å². The van der Waals surface area contributed by atoms with Gasteiger partial charge in [-0.15, -0.1) is 0 Å². The highest BCUT2D eigenvalue weighted by atomic mass is 16.2. The van der Waals surface area contributed by atoms with Gasteiger partial charge in [0.15, 0.2) is 0 Å². The van der Waals surface area contributed by atoms with Gasteiger partial charge in [-0.3, -0.25) is 14.2 Å². The van der Waals surface area contributed by atoms with Crippen molar-refractivity contribution in [3.63, 3.8) is 0 Å². The summed E-state index contributed by atoms with van der Waals surface area (Å²) in [5.74, 6) is -0.244. The maximum Gasteiger partial charge on any atom is 0.269 e. The Balaban J connectivity index is 1.87. The first-order valence-corrected chi connectivity index (χ1v) is 7.36. The predicted molar refractivity (Wildman–Crippen MR) is 90.5 cm³/mol. The molecule has 3 rings (SSSR count). The van der Waals surface area contributed by atoms with Crippen LogP contribution in [0.4, 0.5) is 5.69 Å². The third-order valence-corrected chi connectivity index (χ3v) is 3.85. The number of rotatable bonds is 3. The third-order valence-electron chi connectivity index (χ3n) is 3.85. The molecule has 0 fully saturated rings. The first-order chi connectivity index (χ1) is 11.0. The predicted octanol–water partition coefficient (Wildman–Crippen LogP) is 2.65. The Kier molecular flexibility index (Phi) is 3.93. The fourth-order valence-corrected chi connectivity index (χ4v) is 2.44. The van der Waals surface area contributed by atoms with E-state index in [1.165, 1.54) is 16.3 Å². The molecule has 3 aromatic rings. The number of para-hydroxylation sites is 2. The van der Waals surface area contributed by atoms with E-state index < -0.39 is 0 Å². The standard InChI is InChI=1S/C18H17N3O2/c1-12-7-8-14(9-13(12)2)20-17(22)11-21-16-6-4-3-5-15(16)19-10-18(21)23/h3-10H,11H2,1-2H3,(H,20,22). The van der Waals surface area contributed by atoms with Crippen LogP contribution < -0.4 is 10.9 Å². The molecule has 1 heterocycles. The summed E-state index contributed by atoms with van der Waals surface area (Å²) < 4.78 is 1.43. The lowest BCUT2D eigenvalue weighted by molar-refractivity contribution is -0.116. The topological polar surface area (TPSA) is 64.0 Å². The molecule has 116 valence electrons. The van der Waals surface area contributed by atoms with E-state index in [4.69, 9.17) is 0 Å². The highest BCUT2D eigenvalue weighted by Gasteiger charge is 2.09. The zero-order valence-electron chi connectivity index (χ0n) is 13.0. The van der Waals surface area contributed by atoms with Crippen molar-refractivity contribution in [1.82, 2.24) is 9.55 Å². The number of amides is 1. The zero-order chi connectivity index (χ0) is 16.4. The molecule has 1 N–H and O–H groups in total. The number of nitrogens with one attached hydrogen (secondary N) is 1. The molecule has 0 aliphatic heterocycles. The fourth-order valence-electron chi connectivity index (χ4n) is 2.44. The molecule has 1 amide bonds. The quantitative estimate of drug-likeness (QED) is 0.809. The number of anilines is 1. The van der Waals surface area contributed by atoms with E-state index in [9.17, 15) is 9.59 Å². The maximum absolute atomic E-state index is 12.3. The van der Waals surface area contributed by atoms with Crippen molar-refractivity contribution in [3.8, 4) is 0 Å². The smallest absolute Gasteiger partial charge is 0.269 e. The number of carbonyl (C=O) groups excluding carboxylic acids is 1. The lowest BCUT2D eigenvalue weighted by Crippen LogP contribution is -2.28. The van der Waals surface area contributed by atoms with Crippen molar-refractivity contribution >= 4 is 22.6 Å². The van der Waals surface area contributed by atoms with E-state index in [0.29, 0.717) is 11.0 Å². The van der Waals surface area contributed by atoms with E-state index in [1.54, 1.807) is 6.07 Å². The Labute approximate surface area is 133 Å². The van der Waals surface area contributed by atoms with Gasteiger partial charge >= 0.3 is 0 Å². The largest absolute Gasteiger partial charge is 0.325 e. The van der Waals surface area contributed by atoms with Crippen LogP contribution in [0.3, 0.4) is 0 Å². The van der Waals surface area contributed by atoms with Crippen LogP contribution in [-0.4, -0.2) is 15.5 Å². The van der Waals surface area contributed by atoms with Crippen molar-refractivity contribution in [3.05, 3.63) is 70.1 Å². The Hall–Kier alpha value is -2.95. The molecule has 1 aromatic heterocycles. The lowest BCUT2D eigenvalue weighted by Gasteiger charge is -2.11. The molecular formula is C18H17N3O2. The van der Waals surface area contributed by atoms with Crippen LogP contribution in [0.5, 0.6) is 0 Å². The SMILES string of the molecule is Cc1ccc(NC(=O)Cn2c(=O)cnc3ccccc32)cc1C. The number of aromatic nitrogens is 2. The second-order valence-corrected chi connectivity index (χ2v) is 5.52. The second-order valence-electron chi connectivity index (χ2n) is 5.52. The molecule has 0 atom stereocenters. The lowest BCUT2D eigenvalue weighted by atomic mass is 10.1. The molecular weight excluding hydrogens is 290 g/mol. The highest BCUT2D eigenvalue weighted by Crippen LogP contribution is 2.14. The normalized spacial score (nSPS) is 10.7. The highest BCUT2D eigenvalue weighted by molar-refractivity contribution is 5.91. The molecule has 5 heteroatoms. The minimum absolute atomic E-state index is 0.0468. The van der Waals surface area contributed by atoms with Gasteiger partial charge in [-0.1, -0.05) is 18.2 Å². The molecule has 5 nitrogen and oxygen atoms in total. The van der Waals surface area contributed by atoms with Crippen molar-refractivity contribution < 1.29 is 4.79 Å². The average Bonchev–Trinajstić information content (AvgIpc) is 2.54. The number of nitrogens with zero attached hydrogens (tertiary/aromatic N) is 2. The summed E-state index contributed by atoms with van der Waals surface area (Å²) in [6.45, 7) is 3.96. The minimum atomic E-state index is -0.293. The zero-order valence-corrected chi connectivity index (χ0v) is 13.0. The molecule has 0 saturated heterocycles. The maximum atomic E-state index is 12.3. The summed E-state index contributed by atoms with van der Waals surface area (Å²) >= 11 is 0. The van der Waals surface area contributed by atoms with Gasteiger partial charge in [0.25, 0.3) is 5.56 Å². The molecule has 0 spiro atoms. The van der Waals surface area contributed by atoms with E-state index in [2.05, 4.69) is 10.3 Å². The third kappa shape index (κ3) is 3.13. The molecule has 0 saturated carbocycles. The van der Waals surface area contributed by atoms with Gasteiger partial charge in [0.2, 0.25) is 5.91 Å². The van der Waals surface area contributed by atoms with Crippen LogP contribution in [0.1, 0.15) is 11.1 Å². The van der Waals surface area contributed by atoms with Gasteiger partial charge in [-0.2, -0.15) is 0 Å². The molecule has 2 aromatic carbocycles. The van der Waals surface area contributed by atoms with E-state index in [0.717, 1.165) is 11.3 Å². The monoisotopic (exact) mass is 307 g/mol. The second kappa shape index (κ2) is 6.04. The Bertz CT molecular complexity index is 944. The van der Waals surface area contributed by atoms with Crippen LogP contribution in [0.2, 0.25) is 0 Å². The van der Waals surface area contributed by atoms with Gasteiger partial charge in [-0.25, -0.2) is 4.98 Å². The van der Waals surface area contributed by atoms with Crippen LogP contribution >= 0.6 is 0 Å². The Morgan fingerprint density at radius 3 is 2.70 bits per heavy atom. The fraction of sp³-hybridized carbons (Fsp3) is 0.167. The molecule has 23 heavy (non-hydrogen) atoms. The van der Waals surface area contributed by atoms with Crippen molar-refractivity contribution in [2.75, 3.05) is 5.32 Å². The Morgan fingerprint density at radius 1 is 1.13 bits per heavy atom. The number of hydrogen-bond donors (Lipinski definition) is 1. The van der Waals surface area contributed by atoms with Gasteiger partial charge < -0.3 is 5.32 Å². The average molecular weight is 307 g/mol. The summed E-state index contributed by atoms with van der Waals surface area (Å²) in [6.07, 6.45) is 1.24. The number of fused-ring (bicyclic) bond motifs is 1. The van der Waals surface area contributed by atoms with Gasteiger partial charge in [0.05, 0.1) is 17.2 Å². The Morgan fingerprint density at radius 2 is 1.91 bits per heavy atom. The number of aryl methyl sites for hydroxylation is 2. The summed E-state index contributed by atoms with van der Waals surface area (Å²) in [5, 5.41) is 2.83. The summed E-state index contributed by atoms with van der Waals surface area (Å²) in [5.41, 5.74) is 4.04. The van der Waals surface area contributed by atoms with Crippen LogP contribution in [0.15, 0.2) is 53.5 Å². The molecule has 0 bridgehead atoms. The summed E-state index contributed by atoms with van der Waals surface area (Å²) in [4.78, 5) is 28.4. The summed E-state index contributed by atoms with van der Waals surface area (Å²) in [7, 11) is 0. The minimum Gasteiger partial charge on any atom is -0.325 e. The summed E-state index contributed by atoms with van der Waals surface area (Å²) in [6, 6.07) is 13.0. The number of benzene rings is 2. The van der Waals surface area contributed by atoms with Crippen molar-refractivity contribution in [2.45, 2.75) is 20.4 Å². The van der Waals surface area contributed by atoms with Crippen molar-refractivity contribution in [2.24, 2.45) is 0 Å². The van der Waals surface area contributed by atoms with E-state index in [-0.39, 0.29) is 18.0 Å². The van der Waals surface area contributed by atoms with Gasteiger partial charge in [0, 0.05) is 5.69 Å². The van der Waals surface area contributed by atoms with Crippen molar-refractivity contribution in [1.29, 1.82) is 0 Å². The van der Waals surface area contributed by atoms with Crippen LogP contribution in [-0.2, 0) is 11.3 Å². The molecule has 0 aliphatic rings. The number of hydrogen-bond acceptors (Lipinski definition) is 3. The van der Waals surface area contributed by atoms with E-state index in [1.807, 2.05) is 50.2 Å². The van der Waals surface area contributed by atoms with Crippen LogP contribution in [0.25, 0.3) is 11.0 Å². The van der Waals surface area contributed by atoms with E-state index >= 15 is 0 Å². The molecule has 0 radical (unpaired) electrons. The molecule has 0 aliphatic carbocycles. The first-order valence-electron chi connectivity index (χ1n) is 7.36. The van der Waals surface area contributed by atoms with Gasteiger partial charge in [0.1, 0.15) is 6.54 Å². The number of carbonyl (C=O) groups is 1. The van der Waals surface area contributed by atoms with Crippen LogP contribution in [0, 0.1) is 13.8 Å². The molecule has 0 unspecified atom stereocenters. The first kappa shape index (κ1) is 15.0.